The van der Waals surface area contributed by atoms with Crippen molar-refractivity contribution in [1.82, 2.24) is 4.90 Å². The average Bonchev–Trinajstić information content (AvgIpc) is 3.33. The molecule has 114 valence electrons. The first kappa shape index (κ1) is 14.2. The fraction of sp³-hybridized carbons (Fsp3) is 0.588. The predicted molar refractivity (Wildman–Crippen MR) is 86.3 cm³/mol. The van der Waals surface area contributed by atoms with Crippen LogP contribution in [0, 0.1) is 17.8 Å². The van der Waals surface area contributed by atoms with E-state index in [0.717, 1.165) is 35.7 Å². The predicted octanol–water partition coefficient (Wildman–Crippen LogP) is 2.82. The number of anilines is 2. The van der Waals surface area contributed by atoms with Crippen LogP contribution in [-0.2, 0) is 0 Å². The quantitative estimate of drug-likeness (QED) is 0.791. The Hall–Kier alpha value is -1.71. The highest BCUT2D eigenvalue weighted by Crippen LogP contribution is 2.49. The highest BCUT2D eigenvalue weighted by Gasteiger charge is 2.41. The first-order valence-electron chi connectivity index (χ1n) is 7.91. The average molecular weight is 287 g/mol. The van der Waals surface area contributed by atoms with Crippen molar-refractivity contribution in [2.45, 2.75) is 25.7 Å². The Morgan fingerprint density at radius 2 is 1.90 bits per heavy atom. The molecule has 0 radical (unpaired) electrons. The van der Waals surface area contributed by atoms with Crippen molar-refractivity contribution in [2.24, 2.45) is 17.8 Å². The number of nitrogens with two attached hydrogens (primary N) is 1. The molecule has 0 bridgehead atoms. The Bertz CT molecular complexity index is 521. The maximum atomic E-state index is 12.0. The molecule has 1 aromatic carbocycles. The lowest BCUT2D eigenvalue weighted by Gasteiger charge is -2.19. The van der Waals surface area contributed by atoms with Crippen molar-refractivity contribution in [1.29, 1.82) is 0 Å². The summed E-state index contributed by atoms with van der Waals surface area (Å²) in [6, 6.07) is 5.50. The number of nitrogen functional groups attached to an aromatic ring is 1. The van der Waals surface area contributed by atoms with E-state index in [2.05, 4.69) is 5.32 Å². The molecule has 1 amide bonds. The fourth-order valence-electron chi connectivity index (χ4n) is 3.10. The van der Waals surface area contributed by atoms with E-state index < -0.39 is 0 Å². The van der Waals surface area contributed by atoms with Gasteiger partial charge in [-0.25, -0.2) is 0 Å². The zero-order valence-electron chi connectivity index (χ0n) is 12.9. The number of rotatable bonds is 6. The van der Waals surface area contributed by atoms with Gasteiger partial charge in [0, 0.05) is 26.2 Å². The summed E-state index contributed by atoms with van der Waals surface area (Å²) in [5.74, 6) is 2.63. The molecule has 2 aliphatic carbocycles. The van der Waals surface area contributed by atoms with Crippen molar-refractivity contribution in [3.8, 4) is 0 Å². The van der Waals surface area contributed by atoms with E-state index in [1.165, 1.54) is 25.7 Å². The van der Waals surface area contributed by atoms with Gasteiger partial charge in [0.1, 0.15) is 0 Å². The maximum Gasteiger partial charge on any atom is 0.253 e. The molecule has 0 aromatic heterocycles. The molecule has 2 fully saturated rings. The summed E-state index contributed by atoms with van der Waals surface area (Å²) in [7, 11) is 3.53. The van der Waals surface area contributed by atoms with Gasteiger partial charge in [-0.05, 0) is 61.6 Å². The van der Waals surface area contributed by atoms with Crippen molar-refractivity contribution in [2.75, 3.05) is 31.7 Å². The molecule has 0 saturated heterocycles. The summed E-state index contributed by atoms with van der Waals surface area (Å²) in [5.41, 5.74) is 8.35. The number of hydrogen-bond acceptors (Lipinski definition) is 3. The van der Waals surface area contributed by atoms with E-state index in [1.54, 1.807) is 25.1 Å². The molecule has 0 atom stereocenters. The van der Waals surface area contributed by atoms with Crippen LogP contribution < -0.4 is 11.1 Å². The third-order valence-electron chi connectivity index (χ3n) is 4.69. The second-order valence-electron chi connectivity index (χ2n) is 6.72. The summed E-state index contributed by atoms with van der Waals surface area (Å²) in [4.78, 5) is 13.6. The van der Waals surface area contributed by atoms with Gasteiger partial charge in [-0.1, -0.05) is 0 Å². The summed E-state index contributed by atoms with van der Waals surface area (Å²) < 4.78 is 0. The minimum atomic E-state index is 0.0129. The van der Waals surface area contributed by atoms with Gasteiger partial charge in [0.15, 0.2) is 0 Å². The first-order chi connectivity index (χ1) is 10.1. The number of amides is 1. The Kier molecular flexibility index (Phi) is 3.79. The molecule has 2 saturated carbocycles. The van der Waals surface area contributed by atoms with Crippen molar-refractivity contribution >= 4 is 17.3 Å². The zero-order valence-corrected chi connectivity index (χ0v) is 12.9. The normalized spacial score (nSPS) is 17.9. The van der Waals surface area contributed by atoms with E-state index in [9.17, 15) is 4.79 Å². The van der Waals surface area contributed by atoms with Crippen LogP contribution in [0.4, 0.5) is 11.4 Å². The molecule has 0 spiro atoms. The first-order valence-corrected chi connectivity index (χ1v) is 7.91. The monoisotopic (exact) mass is 287 g/mol. The number of carbonyl (C=O) groups excluding carboxylic acids is 1. The smallest absolute Gasteiger partial charge is 0.253 e. The van der Waals surface area contributed by atoms with E-state index >= 15 is 0 Å². The van der Waals surface area contributed by atoms with Crippen LogP contribution in [0.3, 0.4) is 0 Å². The molecule has 1 aromatic rings. The molecule has 0 aliphatic heterocycles. The maximum absolute atomic E-state index is 12.0. The molecular weight excluding hydrogens is 262 g/mol. The summed E-state index contributed by atoms with van der Waals surface area (Å²) in [5, 5.41) is 3.49. The molecular formula is C17H25N3O. The van der Waals surface area contributed by atoms with Gasteiger partial charge in [0.25, 0.3) is 5.91 Å². The lowest BCUT2D eigenvalue weighted by atomic mass is 9.97. The van der Waals surface area contributed by atoms with Gasteiger partial charge in [-0.3, -0.25) is 4.79 Å². The minimum absolute atomic E-state index is 0.0129. The van der Waals surface area contributed by atoms with Crippen molar-refractivity contribution in [3.63, 3.8) is 0 Å². The third kappa shape index (κ3) is 3.31. The van der Waals surface area contributed by atoms with Gasteiger partial charge in [0.05, 0.1) is 11.4 Å². The molecule has 4 nitrogen and oxygen atoms in total. The standard InChI is InChI=1S/C17H25N3O/c1-20(2)17(21)13-7-8-15(18)16(9-13)19-10-14(11-3-4-11)12-5-6-12/h7-9,11-12,14,19H,3-6,10,18H2,1-2H3. The van der Waals surface area contributed by atoms with E-state index in [-0.39, 0.29) is 5.91 Å². The van der Waals surface area contributed by atoms with E-state index in [1.807, 2.05) is 12.1 Å². The lowest BCUT2D eigenvalue weighted by Crippen LogP contribution is -2.22. The Labute approximate surface area is 126 Å². The van der Waals surface area contributed by atoms with Gasteiger partial charge >= 0.3 is 0 Å². The molecule has 3 rings (SSSR count). The van der Waals surface area contributed by atoms with Crippen LogP contribution in [0.25, 0.3) is 0 Å². The van der Waals surface area contributed by atoms with Gasteiger partial charge in [-0.15, -0.1) is 0 Å². The van der Waals surface area contributed by atoms with Crippen LogP contribution >= 0.6 is 0 Å². The SMILES string of the molecule is CN(C)C(=O)c1ccc(N)c(NCC(C2CC2)C2CC2)c1. The zero-order chi connectivity index (χ0) is 15.0. The second kappa shape index (κ2) is 5.58. The fourth-order valence-corrected chi connectivity index (χ4v) is 3.10. The molecule has 4 heteroatoms. The Morgan fingerprint density at radius 1 is 1.29 bits per heavy atom. The van der Waals surface area contributed by atoms with Crippen LogP contribution in [0.15, 0.2) is 18.2 Å². The summed E-state index contributed by atoms with van der Waals surface area (Å²) in [6.07, 6.45) is 5.55. The van der Waals surface area contributed by atoms with Crippen molar-refractivity contribution < 1.29 is 4.79 Å². The largest absolute Gasteiger partial charge is 0.397 e. The van der Waals surface area contributed by atoms with E-state index in [0.29, 0.717) is 5.56 Å². The minimum Gasteiger partial charge on any atom is -0.397 e. The highest BCUT2D eigenvalue weighted by molar-refractivity contribution is 5.95. The molecule has 0 heterocycles. The summed E-state index contributed by atoms with van der Waals surface area (Å²) in [6.45, 7) is 0.985. The highest BCUT2D eigenvalue weighted by atomic mass is 16.2. The topological polar surface area (TPSA) is 58.4 Å². The van der Waals surface area contributed by atoms with Crippen molar-refractivity contribution in [3.05, 3.63) is 23.8 Å². The molecule has 0 unspecified atom stereocenters. The third-order valence-corrected chi connectivity index (χ3v) is 4.69. The number of carbonyl (C=O) groups is 1. The van der Waals surface area contributed by atoms with E-state index in [4.69, 9.17) is 5.73 Å². The molecule has 2 aliphatic rings. The number of nitrogens with zero attached hydrogens (tertiary/aromatic N) is 1. The Morgan fingerprint density at radius 3 is 2.43 bits per heavy atom. The summed E-state index contributed by atoms with van der Waals surface area (Å²) >= 11 is 0. The van der Waals surface area contributed by atoms with Crippen LogP contribution in [0.5, 0.6) is 0 Å². The number of hydrogen-bond donors (Lipinski definition) is 2. The Balaban J connectivity index is 1.68. The number of benzene rings is 1. The van der Waals surface area contributed by atoms with Crippen LogP contribution in [0.1, 0.15) is 36.0 Å². The van der Waals surface area contributed by atoms with Crippen LogP contribution in [-0.4, -0.2) is 31.4 Å². The van der Waals surface area contributed by atoms with Gasteiger partial charge in [0.2, 0.25) is 0 Å². The second-order valence-corrected chi connectivity index (χ2v) is 6.72. The van der Waals surface area contributed by atoms with Crippen LogP contribution in [0.2, 0.25) is 0 Å². The van der Waals surface area contributed by atoms with Gasteiger partial charge in [-0.2, -0.15) is 0 Å². The number of nitrogens with one attached hydrogen (secondary N) is 1. The van der Waals surface area contributed by atoms with Gasteiger partial charge < -0.3 is 16.0 Å². The lowest BCUT2D eigenvalue weighted by molar-refractivity contribution is 0.0827. The molecule has 3 N–H and O–H groups in total. The molecule has 21 heavy (non-hydrogen) atoms.